The summed E-state index contributed by atoms with van der Waals surface area (Å²) in [6.07, 6.45) is 3.47. The van der Waals surface area contributed by atoms with E-state index in [4.69, 9.17) is 9.84 Å². The van der Waals surface area contributed by atoms with Crippen molar-refractivity contribution < 1.29 is 33.7 Å². The maximum atomic E-state index is 13.0. The number of benzene rings is 1. The van der Waals surface area contributed by atoms with E-state index in [0.29, 0.717) is 18.8 Å². The fourth-order valence-corrected chi connectivity index (χ4v) is 3.85. The Morgan fingerprint density at radius 3 is 2.47 bits per heavy atom. The molecule has 0 radical (unpaired) electrons. The minimum absolute atomic E-state index is 0.0325. The monoisotopic (exact) mass is 420 g/mol. The van der Waals surface area contributed by atoms with Crippen molar-refractivity contribution in [2.24, 2.45) is 5.92 Å². The second-order valence-electron chi connectivity index (χ2n) is 7.61. The lowest BCUT2D eigenvalue weighted by atomic mass is 9.86. The Bertz CT molecular complexity index is 830. The fraction of sp³-hybridized carbons (Fsp3) is 0.476. The highest BCUT2D eigenvalue weighted by molar-refractivity contribution is 6.19. The second-order valence-corrected chi connectivity index (χ2v) is 7.61. The summed E-state index contributed by atoms with van der Waals surface area (Å²) < 4.78 is 18.9. The summed E-state index contributed by atoms with van der Waals surface area (Å²) in [5, 5.41) is 20.8. The average molecular weight is 420 g/mol. The Morgan fingerprint density at radius 2 is 1.83 bits per heavy atom. The van der Waals surface area contributed by atoms with Crippen LogP contribution in [0.2, 0.25) is 0 Å². The maximum Gasteiger partial charge on any atom is 0.322 e. The van der Waals surface area contributed by atoms with Crippen LogP contribution in [-0.4, -0.2) is 58.6 Å². The van der Waals surface area contributed by atoms with Gasteiger partial charge in [-0.3, -0.25) is 14.4 Å². The van der Waals surface area contributed by atoms with Crippen LogP contribution in [0, 0.1) is 11.7 Å². The van der Waals surface area contributed by atoms with Gasteiger partial charge < -0.3 is 25.2 Å². The second kappa shape index (κ2) is 9.60. The van der Waals surface area contributed by atoms with E-state index in [2.05, 4.69) is 5.32 Å². The number of rotatable bonds is 7. The third-order valence-electron chi connectivity index (χ3n) is 5.42. The number of hydrogen-bond donors (Lipinski definition) is 3. The number of nitrogens with zero attached hydrogens (tertiary/aromatic N) is 1. The molecule has 1 fully saturated rings. The first-order valence-electron chi connectivity index (χ1n) is 9.97. The number of halogens is 1. The number of carboxylic acid groups (broad SMARTS) is 1. The van der Waals surface area contributed by atoms with Gasteiger partial charge in [0.1, 0.15) is 29.4 Å². The molecule has 0 spiro atoms. The van der Waals surface area contributed by atoms with Gasteiger partial charge in [0, 0.05) is 19.5 Å². The zero-order valence-corrected chi connectivity index (χ0v) is 16.5. The summed E-state index contributed by atoms with van der Waals surface area (Å²) in [5.74, 6) is -2.44. The van der Waals surface area contributed by atoms with Gasteiger partial charge in [-0.25, -0.2) is 4.39 Å². The molecule has 1 aromatic carbocycles. The smallest absolute Gasteiger partial charge is 0.322 e. The zero-order valence-electron chi connectivity index (χ0n) is 16.5. The summed E-state index contributed by atoms with van der Waals surface area (Å²) in [6, 6.07) is 5.92. The van der Waals surface area contributed by atoms with Crippen molar-refractivity contribution in [3.05, 3.63) is 41.4 Å². The van der Waals surface area contributed by atoms with E-state index in [0.717, 1.165) is 25.7 Å². The molecule has 1 aliphatic carbocycles. The van der Waals surface area contributed by atoms with Gasteiger partial charge in [-0.15, -0.1) is 0 Å². The molecule has 3 N–H and O–H groups in total. The van der Waals surface area contributed by atoms with E-state index in [1.807, 2.05) is 0 Å². The van der Waals surface area contributed by atoms with Gasteiger partial charge in [-0.2, -0.15) is 0 Å². The van der Waals surface area contributed by atoms with Crippen molar-refractivity contribution in [2.45, 2.75) is 38.2 Å². The van der Waals surface area contributed by atoms with Gasteiger partial charge in [-0.05, 0) is 55.9 Å². The largest absolute Gasteiger partial charge is 0.511 e. The quantitative estimate of drug-likeness (QED) is 0.581. The van der Waals surface area contributed by atoms with Crippen molar-refractivity contribution in [3.63, 3.8) is 0 Å². The Hall–Kier alpha value is -3.10. The Morgan fingerprint density at radius 1 is 1.17 bits per heavy atom. The molecular weight excluding hydrogens is 395 g/mol. The van der Waals surface area contributed by atoms with Gasteiger partial charge in [-0.1, -0.05) is 0 Å². The van der Waals surface area contributed by atoms with Crippen LogP contribution in [0.15, 0.2) is 35.6 Å². The molecule has 1 saturated carbocycles. The topological polar surface area (TPSA) is 116 Å². The first-order chi connectivity index (χ1) is 14.3. The van der Waals surface area contributed by atoms with Crippen LogP contribution in [0.5, 0.6) is 5.75 Å². The van der Waals surface area contributed by atoms with E-state index in [9.17, 15) is 23.9 Å². The van der Waals surface area contributed by atoms with Crippen LogP contribution >= 0.6 is 0 Å². The average Bonchev–Trinajstić information content (AvgIpc) is 2.72. The zero-order chi connectivity index (χ0) is 21.7. The summed E-state index contributed by atoms with van der Waals surface area (Å²) in [5.41, 5.74) is -0.379. The van der Waals surface area contributed by atoms with Crippen LogP contribution in [-0.2, 0) is 14.4 Å². The summed E-state index contributed by atoms with van der Waals surface area (Å²) in [7, 11) is 0. The lowest BCUT2D eigenvalue weighted by Gasteiger charge is -2.34. The number of carbonyl (C=O) groups is 3. The summed E-state index contributed by atoms with van der Waals surface area (Å²) >= 11 is 0. The van der Waals surface area contributed by atoms with Crippen LogP contribution in [0.1, 0.15) is 32.1 Å². The third-order valence-corrected chi connectivity index (χ3v) is 5.42. The normalized spacial score (nSPS) is 22.0. The number of aliphatic hydroxyl groups excluding tert-OH is 1. The molecule has 8 nitrogen and oxygen atoms in total. The first kappa shape index (κ1) is 21.6. The highest BCUT2D eigenvalue weighted by atomic mass is 19.1. The van der Waals surface area contributed by atoms with Crippen LogP contribution < -0.4 is 10.1 Å². The molecule has 9 heteroatoms. The van der Waals surface area contributed by atoms with E-state index < -0.39 is 24.3 Å². The molecule has 0 bridgehead atoms. The number of aliphatic hydroxyl groups is 1. The number of hydrogen-bond acceptors (Lipinski definition) is 5. The van der Waals surface area contributed by atoms with E-state index >= 15 is 0 Å². The Labute approximate surface area is 173 Å². The van der Waals surface area contributed by atoms with Gasteiger partial charge in [0.2, 0.25) is 0 Å². The van der Waals surface area contributed by atoms with Crippen LogP contribution in [0.25, 0.3) is 0 Å². The molecule has 3 rings (SSSR count). The van der Waals surface area contributed by atoms with Crippen LogP contribution in [0.4, 0.5) is 4.39 Å². The summed E-state index contributed by atoms with van der Waals surface area (Å²) in [4.78, 5) is 37.0. The molecule has 1 heterocycles. The van der Waals surface area contributed by atoms with E-state index in [1.165, 1.54) is 12.1 Å². The van der Waals surface area contributed by atoms with Crippen molar-refractivity contribution in [1.82, 2.24) is 10.2 Å². The molecular formula is C21H25FN2O6. The molecule has 0 saturated heterocycles. The highest BCUT2D eigenvalue weighted by Gasteiger charge is 2.34. The molecule has 0 atom stereocenters. The predicted molar refractivity (Wildman–Crippen MR) is 104 cm³/mol. The van der Waals surface area contributed by atoms with Gasteiger partial charge in [0.15, 0.2) is 0 Å². The fourth-order valence-electron chi connectivity index (χ4n) is 3.85. The number of ether oxygens (including phenoxy) is 1. The van der Waals surface area contributed by atoms with Crippen molar-refractivity contribution in [3.8, 4) is 5.75 Å². The van der Waals surface area contributed by atoms with Gasteiger partial charge in [0.25, 0.3) is 11.8 Å². The molecule has 2 aliphatic rings. The third kappa shape index (κ3) is 5.49. The molecule has 162 valence electrons. The lowest BCUT2D eigenvalue weighted by Crippen LogP contribution is -2.45. The number of aliphatic carboxylic acids is 1. The molecule has 1 aromatic rings. The number of nitrogens with one attached hydrogen (secondary N) is 1. The number of carboxylic acids is 1. The first-order valence-corrected chi connectivity index (χ1v) is 9.97. The number of amides is 2. The minimum Gasteiger partial charge on any atom is -0.511 e. The minimum atomic E-state index is -1.23. The molecule has 0 unspecified atom stereocenters. The molecule has 2 amide bonds. The maximum absolute atomic E-state index is 13.0. The molecule has 0 aromatic heterocycles. The number of carbonyl (C=O) groups excluding carboxylic acids is 2. The van der Waals surface area contributed by atoms with E-state index in [1.54, 1.807) is 17.0 Å². The Kier molecular flexibility index (Phi) is 6.91. The Balaban J connectivity index is 1.51. The lowest BCUT2D eigenvalue weighted by molar-refractivity contribution is -0.138. The standard InChI is InChI=1S/C21H25FN2O6/c22-14-3-7-16(8-4-14)30-15-5-1-13(2-6-15)12-24-10-9-17(25)19(21(24)29)20(28)23-11-18(26)27/h3-4,7-8,13,15,25H,1-2,5-6,9-12H2,(H,23,28)(H,26,27). The van der Waals surface area contributed by atoms with Gasteiger partial charge in [0.05, 0.1) is 6.10 Å². The van der Waals surface area contributed by atoms with E-state index in [-0.39, 0.29) is 35.6 Å². The van der Waals surface area contributed by atoms with Crippen LogP contribution in [0.3, 0.4) is 0 Å². The predicted octanol–water partition coefficient (Wildman–Crippen LogP) is 2.01. The van der Waals surface area contributed by atoms with Crippen molar-refractivity contribution in [2.75, 3.05) is 19.6 Å². The molecule has 1 aliphatic heterocycles. The SMILES string of the molecule is O=C(O)CNC(=O)C1=C(O)CCN(CC2CCC(Oc3ccc(F)cc3)CC2)C1=O. The summed E-state index contributed by atoms with van der Waals surface area (Å²) in [6.45, 7) is 0.151. The van der Waals surface area contributed by atoms with Crippen molar-refractivity contribution in [1.29, 1.82) is 0 Å². The molecule has 30 heavy (non-hydrogen) atoms. The highest BCUT2D eigenvalue weighted by Crippen LogP contribution is 2.29. The van der Waals surface area contributed by atoms with Gasteiger partial charge >= 0.3 is 5.97 Å². The van der Waals surface area contributed by atoms with Crippen molar-refractivity contribution >= 4 is 17.8 Å².